The molecule has 0 radical (unpaired) electrons. The number of rotatable bonds is 6. The van der Waals surface area contributed by atoms with Crippen LogP contribution < -0.4 is 5.32 Å². The summed E-state index contributed by atoms with van der Waals surface area (Å²) in [7, 11) is 4.28. The fraction of sp³-hybridized carbons (Fsp3) is 0.417. The monoisotopic (exact) mass is 403 g/mol. The fourth-order valence-corrected chi connectivity index (χ4v) is 4.37. The van der Waals surface area contributed by atoms with Gasteiger partial charge >= 0.3 is 0 Å². The van der Waals surface area contributed by atoms with E-state index in [0.29, 0.717) is 11.6 Å². The smallest absolute Gasteiger partial charge is 0.163 e. The summed E-state index contributed by atoms with van der Waals surface area (Å²) < 4.78 is 0. The number of Topliss-reactive ketones (excluding diaryl/α,β-unsaturated/α-hetero) is 1. The average molecular weight is 404 g/mol. The highest BCUT2D eigenvalue weighted by atomic mass is 16.1. The van der Waals surface area contributed by atoms with Gasteiger partial charge < -0.3 is 10.2 Å². The van der Waals surface area contributed by atoms with Crippen molar-refractivity contribution in [3.05, 3.63) is 48.4 Å². The number of pyridine rings is 3. The lowest BCUT2D eigenvalue weighted by molar-refractivity contribution is 0.101. The zero-order valence-electron chi connectivity index (χ0n) is 17.9. The highest BCUT2D eigenvalue weighted by Crippen LogP contribution is 2.32. The van der Waals surface area contributed by atoms with E-state index in [4.69, 9.17) is 4.98 Å². The molecule has 0 aromatic carbocycles. The summed E-state index contributed by atoms with van der Waals surface area (Å²) >= 11 is 0. The van der Waals surface area contributed by atoms with Crippen LogP contribution in [0.2, 0.25) is 0 Å². The number of ketones is 1. The second-order valence-corrected chi connectivity index (χ2v) is 8.53. The van der Waals surface area contributed by atoms with E-state index in [-0.39, 0.29) is 5.78 Å². The molecular formula is C24H29N5O. The Morgan fingerprint density at radius 1 is 1.10 bits per heavy atom. The van der Waals surface area contributed by atoms with Gasteiger partial charge in [-0.25, -0.2) is 4.98 Å². The van der Waals surface area contributed by atoms with Crippen molar-refractivity contribution >= 4 is 22.5 Å². The summed E-state index contributed by atoms with van der Waals surface area (Å²) in [4.78, 5) is 28.1. The van der Waals surface area contributed by atoms with E-state index in [2.05, 4.69) is 34.3 Å². The third kappa shape index (κ3) is 4.49. The third-order valence-electron chi connectivity index (χ3n) is 5.89. The van der Waals surface area contributed by atoms with E-state index >= 15 is 0 Å². The molecule has 1 saturated carbocycles. The number of aromatic nitrogens is 3. The van der Waals surface area contributed by atoms with E-state index < -0.39 is 0 Å². The number of fused-ring (bicyclic) bond motifs is 1. The molecule has 0 spiro atoms. The summed E-state index contributed by atoms with van der Waals surface area (Å²) in [5.74, 6) is 0.750. The van der Waals surface area contributed by atoms with Crippen LogP contribution in [0.5, 0.6) is 0 Å². The summed E-state index contributed by atoms with van der Waals surface area (Å²) in [6.07, 6.45) is 9.80. The van der Waals surface area contributed by atoms with E-state index in [9.17, 15) is 4.79 Å². The van der Waals surface area contributed by atoms with Crippen LogP contribution in [0.15, 0.2) is 42.9 Å². The summed E-state index contributed by atoms with van der Waals surface area (Å²) in [5, 5.41) is 3.68. The molecular weight excluding hydrogens is 374 g/mol. The van der Waals surface area contributed by atoms with E-state index in [1.165, 1.54) is 12.8 Å². The number of hydrogen-bond donors (Lipinski definition) is 1. The van der Waals surface area contributed by atoms with Crippen LogP contribution in [0.1, 0.15) is 43.0 Å². The van der Waals surface area contributed by atoms with Gasteiger partial charge in [-0.2, -0.15) is 0 Å². The number of carbonyl (C=O) groups is 1. The lowest BCUT2D eigenvalue weighted by Gasteiger charge is -2.31. The predicted octanol–water partition coefficient (Wildman–Crippen LogP) is 4.43. The highest BCUT2D eigenvalue weighted by molar-refractivity contribution is 6.06. The zero-order chi connectivity index (χ0) is 21.1. The molecule has 3 heterocycles. The SMILES string of the molecule is CC(=O)c1cnc2ccc(-c3ccncc3)nc2c1N[C@H]1CC[C@H](CN(C)C)CC1. The molecule has 0 atom stereocenters. The Morgan fingerprint density at radius 3 is 2.50 bits per heavy atom. The van der Waals surface area contributed by atoms with Crippen LogP contribution >= 0.6 is 0 Å². The topological polar surface area (TPSA) is 71.0 Å². The fourth-order valence-electron chi connectivity index (χ4n) is 4.37. The van der Waals surface area contributed by atoms with Gasteiger partial charge in [0, 0.05) is 36.7 Å². The van der Waals surface area contributed by atoms with Crippen molar-refractivity contribution in [2.45, 2.75) is 38.6 Å². The van der Waals surface area contributed by atoms with Gasteiger partial charge in [-0.05, 0) is 76.9 Å². The molecule has 0 unspecified atom stereocenters. The molecule has 3 aromatic rings. The largest absolute Gasteiger partial charge is 0.380 e. The average Bonchev–Trinajstić information content (AvgIpc) is 2.75. The van der Waals surface area contributed by atoms with Crippen molar-refractivity contribution < 1.29 is 4.79 Å². The molecule has 6 heteroatoms. The molecule has 1 N–H and O–H groups in total. The van der Waals surface area contributed by atoms with Crippen LogP contribution in [-0.2, 0) is 0 Å². The first kappa shape index (κ1) is 20.4. The van der Waals surface area contributed by atoms with Gasteiger partial charge in [-0.1, -0.05) is 0 Å². The van der Waals surface area contributed by atoms with Crippen molar-refractivity contribution in [1.82, 2.24) is 19.9 Å². The van der Waals surface area contributed by atoms with Crippen molar-refractivity contribution in [3.63, 3.8) is 0 Å². The lowest BCUT2D eigenvalue weighted by atomic mass is 9.85. The second kappa shape index (κ2) is 8.88. The molecule has 0 amide bonds. The molecule has 0 bridgehead atoms. The van der Waals surface area contributed by atoms with Crippen LogP contribution in [0.25, 0.3) is 22.3 Å². The molecule has 3 aromatic heterocycles. The Bertz CT molecular complexity index is 1030. The minimum Gasteiger partial charge on any atom is -0.380 e. The number of nitrogens with zero attached hydrogens (tertiary/aromatic N) is 4. The second-order valence-electron chi connectivity index (χ2n) is 8.53. The molecule has 0 aliphatic heterocycles. The number of nitrogens with one attached hydrogen (secondary N) is 1. The standard InChI is InChI=1S/C24H29N5O/c1-16(30)20-14-26-22-9-8-21(18-10-12-25-13-11-18)28-24(22)23(20)27-19-6-4-17(5-7-19)15-29(2)3/h8-14,17,19H,4-7,15H2,1-3H3,(H,26,27)/t17-,19-. The van der Waals surface area contributed by atoms with Gasteiger partial charge in [-0.3, -0.25) is 14.8 Å². The maximum atomic E-state index is 12.4. The van der Waals surface area contributed by atoms with Crippen molar-refractivity contribution in [1.29, 1.82) is 0 Å². The Balaban J connectivity index is 1.66. The molecule has 0 saturated heterocycles. The number of carbonyl (C=O) groups excluding carboxylic acids is 1. The lowest BCUT2D eigenvalue weighted by Crippen LogP contribution is -2.31. The summed E-state index contributed by atoms with van der Waals surface area (Å²) in [5.41, 5.74) is 4.83. The Labute approximate surface area is 177 Å². The van der Waals surface area contributed by atoms with E-state index in [1.807, 2.05) is 24.3 Å². The molecule has 4 rings (SSSR count). The van der Waals surface area contributed by atoms with Gasteiger partial charge in [-0.15, -0.1) is 0 Å². The molecule has 156 valence electrons. The first-order chi connectivity index (χ1) is 14.5. The highest BCUT2D eigenvalue weighted by Gasteiger charge is 2.24. The van der Waals surface area contributed by atoms with E-state index in [0.717, 1.165) is 53.3 Å². The quantitative estimate of drug-likeness (QED) is 0.614. The van der Waals surface area contributed by atoms with Gasteiger partial charge in [0.25, 0.3) is 0 Å². The molecule has 30 heavy (non-hydrogen) atoms. The van der Waals surface area contributed by atoms with Crippen LogP contribution in [-0.4, -0.2) is 52.3 Å². The number of hydrogen-bond acceptors (Lipinski definition) is 6. The Hall–Kier alpha value is -2.86. The first-order valence-electron chi connectivity index (χ1n) is 10.6. The van der Waals surface area contributed by atoms with Crippen molar-refractivity contribution in [3.8, 4) is 11.3 Å². The summed E-state index contributed by atoms with van der Waals surface area (Å²) in [6.45, 7) is 2.73. The Morgan fingerprint density at radius 2 is 1.83 bits per heavy atom. The van der Waals surface area contributed by atoms with E-state index in [1.54, 1.807) is 25.5 Å². The van der Waals surface area contributed by atoms with Gasteiger partial charge in [0.2, 0.25) is 0 Å². The third-order valence-corrected chi connectivity index (χ3v) is 5.89. The van der Waals surface area contributed by atoms with Crippen LogP contribution in [0.4, 0.5) is 5.69 Å². The van der Waals surface area contributed by atoms with Crippen LogP contribution in [0.3, 0.4) is 0 Å². The molecule has 6 nitrogen and oxygen atoms in total. The normalized spacial score (nSPS) is 19.2. The van der Waals surface area contributed by atoms with Crippen molar-refractivity contribution in [2.24, 2.45) is 5.92 Å². The minimum absolute atomic E-state index is 0.00399. The zero-order valence-corrected chi connectivity index (χ0v) is 17.9. The molecule has 1 aliphatic rings. The van der Waals surface area contributed by atoms with Gasteiger partial charge in [0.15, 0.2) is 5.78 Å². The van der Waals surface area contributed by atoms with Gasteiger partial charge in [0.05, 0.1) is 22.5 Å². The maximum absolute atomic E-state index is 12.4. The maximum Gasteiger partial charge on any atom is 0.163 e. The minimum atomic E-state index is 0.00399. The number of anilines is 1. The molecule has 1 aliphatic carbocycles. The summed E-state index contributed by atoms with van der Waals surface area (Å²) in [6, 6.07) is 8.17. The first-order valence-corrected chi connectivity index (χ1v) is 10.6. The molecule has 1 fully saturated rings. The van der Waals surface area contributed by atoms with Crippen molar-refractivity contribution in [2.75, 3.05) is 26.0 Å². The van der Waals surface area contributed by atoms with Crippen LogP contribution in [0, 0.1) is 5.92 Å². The van der Waals surface area contributed by atoms with Gasteiger partial charge in [0.1, 0.15) is 5.52 Å². The predicted molar refractivity (Wildman–Crippen MR) is 121 cm³/mol. The Kier molecular flexibility index (Phi) is 6.04.